The van der Waals surface area contributed by atoms with Crippen molar-refractivity contribution >= 4 is 17.5 Å². The molecule has 6 nitrogen and oxygen atoms in total. The van der Waals surface area contributed by atoms with E-state index < -0.39 is 0 Å². The fourth-order valence-electron chi connectivity index (χ4n) is 3.12. The lowest BCUT2D eigenvalue weighted by atomic mass is 10.1. The highest BCUT2D eigenvalue weighted by atomic mass is 16.5. The van der Waals surface area contributed by atoms with E-state index in [9.17, 15) is 4.79 Å². The number of carbonyl (C=O) groups excluding carboxylic acids is 1. The highest BCUT2D eigenvalue weighted by Crippen LogP contribution is 2.19. The van der Waals surface area contributed by atoms with Crippen LogP contribution in [0, 0.1) is 20.8 Å². The van der Waals surface area contributed by atoms with Crippen molar-refractivity contribution in [3.05, 3.63) is 76.6 Å². The summed E-state index contributed by atoms with van der Waals surface area (Å²) in [5.41, 5.74) is 5.10. The zero-order valence-corrected chi connectivity index (χ0v) is 17.2. The number of methoxy groups -OCH3 is 1. The highest BCUT2D eigenvalue weighted by Gasteiger charge is 2.12. The first-order chi connectivity index (χ1) is 14.0. The number of anilines is 2. The van der Waals surface area contributed by atoms with Crippen LogP contribution in [-0.4, -0.2) is 29.5 Å². The summed E-state index contributed by atoms with van der Waals surface area (Å²) in [6, 6.07) is 15.5. The Morgan fingerprint density at radius 3 is 2.59 bits per heavy atom. The van der Waals surface area contributed by atoms with Gasteiger partial charge < -0.3 is 15.4 Å². The topological polar surface area (TPSA) is 76.1 Å². The number of hydrogen-bond donors (Lipinski definition) is 2. The zero-order chi connectivity index (χ0) is 20.8. The van der Waals surface area contributed by atoms with Gasteiger partial charge in [-0.3, -0.25) is 4.79 Å². The quantitative estimate of drug-likeness (QED) is 0.628. The van der Waals surface area contributed by atoms with Gasteiger partial charge in [0.2, 0.25) is 5.95 Å². The van der Waals surface area contributed by atoms with Crippen molar-refractivity contribution < 1.29 is 9.53 Å². The van der Waals surface area contributed by atoms with Gasteiger partial charge in [0, 0.05) is 17.9 Å². The maximum Gasteiger partial charge on any atom is 0.274 e. The fourth-order valence-corrected chi connectivity index (χ4v) is 3.12. The molecule has 150 valence electrons. The molecule has 3 rings (SSSR count). The van der Waals surface area contributed by atoms with Crippen molar-refractivity contribution in [2.24, 2.45) is 0 Å². The number of aromatic nitrogens is 2. The molecular weight excluding hydrogens is 364 g/mol. The second-order valence-electron chi connectivity index (χ2n) is 6.98. The minimum Gasteiger partial charge on any atom is -0.496 e. The second-order valence-corrected chi connectivity index (χ2v) is 6.98. The van der Waals surface area contributed by atoms with E-state index in [1.54, 1.807) is 13.2 Å². The molecule has 2 N–H and O–H groups in total. The van der Waals surface area contributed by atoms with Crippen LogP contribution < -0.4 is 15.4 Å². The van der Waals surface area contributed by atoms with Crippen molar-refractivity contribution in [1.29, 1.82) is 0 Å². The Bertz CT molecular complexity index is 1020. The minimum atomic E-state index is -0.254. The van der Waals surface area contributed by atoms with E-state index in [-0.39, 0.29) is 5.91 Å². The summed E-state index contributed by atoms with van der Waals surface area (Å²) in [7, 11) is 1.66. The minimum absolute atomic E-state index is 0.254. The molecule has 0 aliphatic heterocycles. The van der Waals surface area contributed by atoms with Crippen molar-refractivity contribution in [3.8, 4) is 5.75 Å². The molecule has 0 unspecified atom stereocenters. The average molecular weight is 390 g/mol. The molecule has 0 radical (unpaired) electrons. The number of ether oxygens (including phenoxy) is 1. The van der Waals surface area contributed by atoms with Gasteiger partial charge in [-0.15, -0.1) is 0 Å². The first-order valence-corrected chi connectivity index (χ1v) is 9.56. The summed E-state index contributed by atoms with van der Waals surface area (Å²) in [4.78, 5) is 21.5. The molecule has 1 aromatic heterocycles. The number of nitrogens with zero attached hydrogens (tertiary/aromatic N) is 2. The maximum absolute atomic E-state index is 12.7. The van der Waals surface area contributed by atoms with Crippen LogP contribution in [0.3, 0.4) is 0 Å². The van der Waals surface area contributed by atoms with Crippen molar-refractivity contribution in [2.45, 2.75) is 27.2 Å². The van der Waals surface area contributed by atoms with E-state index in [0.29, 0.717) is 18.2 Å². The molecule has 2 aromatic carbocycles. The van der Waals surface area contributed by atoms with Gasteiger partial charge in [0.15, 0.2) is 0 Å². The maximum atomic E-state index is 12.7. The molecule has 1 heterocycles. The standard InChI is InChI=1S/C23H26N4O2/c1-15-9-10-19(16(2)13-15)26-22(28)20-14-17(3)25-23(27-20)24-12-11-18-7-5-6-8-21(18)29-4/h5-10,13-14H,11-12H2,1-4H3,(H,26,28)(H,24,25,27). The Morgan fingerprint density at radius 1 is 1.03 bits per heavy atom. The lowest BCUT2D eigenvalue weighted by Gasteiger charge is -2.11. The molecule has 0 saturated heterocycles. The number of aryl methyl sites for hydroxylation is 3. The SMILES string of the molecule is COc1ccccc1CCNc1nc(C)cc(C(=O)Nc2ccc(C)cc2C)n1. The number of benzene rings is 2. The van der Waals surface area contributed by atoms with Crippen molar-refractivity contribution in [1.82, 2.24) is 9.97 Å². The lowest BCUT2D eigenvalue weighted by molar-refractivity contribution is 0.102. The first-order valence-electron chi connectivity index (χ1n) is 9.56. The van der Waals surface area contributed by atoms with Gasteiger partial charge in [-0.2, -0.15) is 0 Å². The zero-order valence-electron chi connectivity index (χ0n) is 17.2. The van der Waals surface area contributed by atoms with Crippen LogP contribution in [0.5, 0.6) is 5.75 Å². The van der Waals surface area contributed by atoms with Crippen LogP contribution >= 0.6 is 0 Å². The highest BCUT2D eigenvalue weighted by molar-refractivity contribution is 6.03. The van der Waals surface area contributed by atoms with Gasteiger partial charge >= 0.3 is 0 Å². The Balaban J connectivity index is 1.68. The predicted octanol–water partition coefficient (Wildman–Crippen LogP) is 4.32. The average Bonchev–Trinajstić information content (AvgIpc) is 2.70. The molecule has 0 bridgehead atoms. The summed E-state index contributed by atoms with van der Waals surface area (Å²) in [6.07, 6.45) is 0.755. The van der Waals surface area contributed by atoms with Crippen LogP contribution in [0.4, 0.5) is 11.6 Å². The van der Waals surface area contributed by atoms with Gasteiger partial charge in [0.1, 0.15) is 11.4 Å². The second kappa shape index (κ2) is 9.19. The van der Waals surface area contributed by atoms with Gasteiger partial charge in [0.05, 0.1) is 7.11 Å². The van der Waals surface area contributed by atoms with E-state index in [1.807, 2.05) is 63.2 Å². The molecule has 0 saturated carbocycles. The number of rotatable bonds is 7. The smallest absolute Gasteiger partial charge is 0.274 e. The van der Waals surface area contributed by atoms with Crippen molar-refractivity contribution in [3.63, 3.8) is 0 Å². The largest absolute Gasteiger partial charge is 0.496 e. The van der Waals surface area contributed by atoms with Crippen LogP contribution in [0.1, 0.15) is 32.9 Å². The Hall–Kier alpha value is -3.41. The van der Waals surface area contributed by atoms with E-state index in [0.717, 1.165) is 40.2 Å². The molecule has 0 aliphatic rings. The molecule has 0 fully saturated rings. The van der Waals surface area contributed by atoms with E-state index in [4.69, 9.17) is 4.74 Å². The lowest BCUT2D eigenvalue weighted by Crippen LogP contribution is -2.17. The molecular formula is C23H26N4O2. The Labute approximate surface area is 171 Å². The summed E-state index contributed by atoms with van der Waals surface area (Å²) < 4.78 is 5.38. The molecule has 0 spiro atoms. The third-order valence-electron chi connectivity index (χ3n) is 4.59. The van der Waals surface area contributed by atoms with Gasteiger partial charge in [-0.25, -0.2) is 9.97 Å². The number of carbonyl (C=O) groups is 1. The molecule has 1 amide bonds. The fraction of sp³-hybridized carbons (Fsp3) is 0.261. The summed E-state index contributed by atoms with van der Waals surface area (Å²) in [5.74, 6) is 1.04. The molecule has 6 heteroatoms. The summed E-state index contributed by atoms with van der Waals surface area (Å²) >= 11 is 0. The summed E-state index contributed by atoms with van der Waals surface area (Å²) in [5, 5.41) is 6.14. The van der Waals surface area contributed by atoms with Gasteiger partial charge in [-0.1, -0.05) is 35.9 Å². The van der Waals surface area contributed by atoms with E-state index in [2.05, 4.69) is 20.6 Å². The molecule has 3 aromatic rings. The van der Waals surface area contributed by atoms with Crippen LogP contribution in [0.2, 0.25) is 0 Å². The van der Waals surface area contributed by atoms with Gasteiger partial charge in [-0.05, 0) is 56.5 Å². The number of para-hydroxylation sites is 1. The summed E-state index contributed by atoms with van der Waals surface area (Å²) in [6.45, 7) is 6.47. The third kappa shape index (κ3) is 5.31. The number of amides is 1. The Morgan fingerprint density at radius 2 is 1.83 bits per heavy atom. The molecule has 0 atom stereocenters. The van der Waals surface area contributed by atoms with Crippen LogP contribution in [-0.2, 0) is 6.42 Å². The number of hydrogen-bond acceptors (Lipinski definition) is 5. The normalized spacial score (nSPS) is 10.5. The monoisotopic (exact) mass is 390 g/mol. The van der Waals surface area contributed by atoms with Gasteiger partial charge in [0.25, 0.3) is 5.91 Å². The molecule has 0 aliphatic carbocycles. The van der Waals surface area contributed by atoms with Crippen LogP contribution in [0.15, 0.2) is 48.5 Å². The molecule has 29 heavy (non-hydrogen) atoms. The third-order valence-corrected chi connectivity index (χ3v) is 4.59. The Kier molecular flexibility index (Phi) is 6.44. The predicted molar refractivity (Wildman–Crippen MR) is 116 cm³/mol. The van der Waals surface area contributed by atoms with E-state index >= 15 is 0 Å². The number of nitrogens with one attached hydrogen (secondary N) is 2. The first kappa shape index (κ1) is 20.3. The van der Waals surface area contributed by atoms with E-state index in [1.165, 1.54) is 0 Å². The van der Waals surface area contributed by atoms with Crippen molar-refractivity contribution in [2.75, 3.05) is 24.3 Å². The van der Waals surface area contributed by atoms with Crippen LogP contribution in [0.25, 0.3) is 0 Å².